The van der Waals surface area contributed by atoms with E-state index >= 15 is 0 Å². The van der Waals surface area contributed by atoms with Crippen LogP contribution in [-0.4, -0.2) is 32.8 Å². The van der Waals surface area contributed by atoms with Gasteiger partial charge in [-0.15, -0.1) is 10.2 Å². The predicted molar refractivity (Wildman–Crippen MR) is 113 cm³/mol. The lowest BCUT2D eigenvalue weighted by molar-refractivity contribution is 0.0951. The molecule has 0 bridgehead atoms. The van der Waals surface area contributed by atoms with Crippen LogP contribution < -0.4 is 10.1 Å². The number of benzene rings is 2. The predicted octanol–water partition coefficient (Wildman–Crippen LogP) is 4.01. The van der Waals surface area contributed by atoms with E-state index in [1.165, 1.54) is 18.4 Å². The van der Waals surface area contributed by atoms with Gasteiger partial charge in [0.2, 0.25) is 4.96 Å². The number of hydrogen-bond acceptors (Lipinski definition) is 6. The van der Waals surface area contributed by atoms with E-state index < -0.39 is 0 Å². The second-order valence-corrected chi connectivity index (χ2v) is 7.66. The smallest absolute Gasteiger partial charge is 0.251 e. The van der Waals surface area contributed by atoms with E-state index in [0.717, 1.165) is 33.3 Å². The molecule has 0 spiro atoms. The number of aryl methyl sites for hydroxylation is 1. The first-order valence-corrected chi connectivity index (χ1v) is 10.2. The number of methoxy groups -OCH3 is 1. The quantitative estimate of drug-likeness (QED) is 0.502. The summed E-state index contributed by atoms with van der Waals surface area (Å²) in [5.41, 5.74) is 2.47. The van der Waals surface area contributed by atoms with Crippen LogP contribution in [0.3, 0.4) is 0 Å². The second-order valence-electron chi connectivity index (χ2n) is 6.30. The number of ether oxygens (including phenoxy) is 1. The Hall–Kier alpha value is -2.97. The van der Waals surface area contributed by atoms with E-state index in [1.54, 1.807) is 22.7 Å². The highest BCUT2D eigenvalue weighted by Crippen LogP contribution is 2.26. The van der Waals surface area contributed by atoms with E-state index in [2.05, 4.69) is 20.6 Å². The molecule has 0 aliphatic carbocycles. The lowest BCUT2D eigenvalue weighted by Gasteiger charge is -2.08. The second kappa shape index (κ2) is 8.18. The maximum Gasteiger partial charge on any atom is 0.251 e. The van der Waals surface area contributed by atoms with Gasteiger partial charge in [-0.25, -0.2) is 0 Å². The Labute approximate surface area is 176 Å². The molecular weight excluding hydrogens is 410 g/mol. The van der Waals surface area contributed by atoms with Gasteiger partial charge in [-0.2, -0.15) is 9.61 Å². The summed E-state index contributed by atoms with van der Waals surface area (Å²) in [6.45, 7) is 2.44. The molecule has 29 heavy (non-hydrogen) atoms. The lowest BCUT2D eigenvalue weighted by Crippen LogP contribution is -2.22. The molecule has 4 rings (SSSR count). The molecule has 4 aromatic rings. The van der Waals surface area contributed by atoms with Crippen molar-refractivity contribution in [1.82, 2.24) is 25.1 Å². The minimum absolute atomic E-state index is 0.195. The number of nitrogens with one attached hydrogen (secondary N) is 1. The van der Waals surface area contributed by atoms with Crippen LogP contribution in [0.25, 0.3) is 15.5 Å². The zero-order valence-electron chi connectivity index (χ0n) is 15.8. The van der Waals surface area contributed by atoms with Gasteiger partial charge in [0.15, 0.2) is 5.82 Å². The third-order valence-corrected chi connectivity index (χ3v) is 5.68. The van der Waals surface area contributed by atoms with Gasteiger partial charge < -0.3 is 10.1 Å². The maximum absolute atomic E-state index is 12.4. The summed E-state index contributed by atoms with van der Waals surface area (Å²) in [4.78, 5) is 13.1. The largest absolute Gasteiger partial charge is 0.495 e. The number of carbonyl (C=O) groups is 1. The molecule has 148 valence electrons. The van der Waals surface area contributed by atoms with Crippen LogP contribution in [0.1, 0.15) is 28.7 Å². The van der Waals surface area contributed by atoms with Crippen LogP contribution >= 0.6 is 22.9 Å². The molecule has 0 aliphatic heterocycles. The van der Waals surface area contributed by atoms with E-state index in [1.807, 2.05) is 31.2 Å². The van der Waals surface area contributed by atoms with E-state index in [0.29, 0.717) is 22.9 Å². The number of amides is 1. The number of nitrogens with zero attached hydrogens (tertiary/aromatic N) is 4. The number of carbonyl (C=O) groups excluding carboxylic acids is 1. The first kappa shape index (κ1) is 19.4. The van der Waals surface area contributed by atoms with Crippen molar-refractivity contribution in [3.8, 4) is 16.3 Å². The Balaban J connectivity index is 1.43. The molecule has 0 unspecified atom stereocenters. The molecule has 7 nitrogen and oxygen atoms in total. The molecule has 0 fully saturated rings. The average Bonchev–Trinajstić information content (AvgIpc) is 3.33. The van der Waals surface area contributed by atoms with Gasteiger partial charge in [0.25, 0.3) is 5.91 Å². The monoisotopic (exact) mass is 427 g/mol. The fourth-order valence-electron chi connectivity index (χ4n) is 2.85. The summed E-state index contributed by atoms with van der Waals surface area (Å²) >= 11 is 7.58. The normalized spacial score (nSPS) is 11.0. The van der Waals surface area contributed by atoms with Crippen LogP contribution in [-0.2, 0) is 13.0 Å². The first-order chi connectivity index (χ1) is 14.1. The van der Waals surface area contributed by atoms with Gasteiger partial charge in [-0.1, -0.05) is 54.1 Å². The van der Waals surface area contributed by atoms with Crippen molar-refractivity contribution in [3.63, 3.8) is 0 Å². The molecule has 9 heteroatoms. The molecule has 0 saturated carbocycles. The fraction of sp³-hybridized carbons (Fsp3) is 0.200. The zero-order chi connectivity index (χ0) is 20.4. The minimum Gasteiger partial charge on any atom is -0.495 e. The highest BCUT2D eigenvalue weighted by molar-refractivity contribution is 7.19. The van der Waals surface area contributed by atoms with Crippen LogP contribution in [0, 0.1) is 0 Å². The number of halogens is 1. The summed E-state index contributed by atoms with van der Waals surface area (Å²) < 4.78 is 6.89. The van der Waals surface area contributed by atoms with Gasteiger partial charge in [0, 0.05) is 24.1 Å². The number of fused-ring (bicyclic) bond motifs is 1. The van der Waals surface area contributed by atoms with Crippen molar-refractivity contribution in [3.05, 3.63) is 64.4 Å². The molecule has 0 atom stereocenters. The highest BCUT2D eigenvalue weighted by Gasteiger charge is 2.12. The summed E-state index contributed by atoms with van der Waals surface area (Å²) in [5, 5.41) is 17.0. The topological polar surface area (TPSA) is 81.4 Å². The van der Waals surface area contributed by atoms with Crippen LogP contribution in [0.5, 0.6) is 5.75 Å². The molecule has 2 aromatic carbocycles. The van der Waals surface area contributed by atoms with Gasteiger partial charge in [-0.3, -0.25) is 4.79 Å². The van der Waals surface area contributed by atoms with E-state index in [9.17, 15) is 4.79 Å². The molecule has 0 aliphatic rings. The summed E-state index contributed by atoms with van der Waals surface area (Å²) in [6.07, 6.45) is 0.780. The average molecular weight is 428 g/mol. The van der Waals surface area contributed by atoms with Gasteiger partial charge in [-0.05, 0) is 23.8 Å². The highest BCUT2D eigenvalue weighted by atomic mass is 35.5. The molecular formula is C20H18ClN5O2S. The molecule has 0 saturated heterocycles. The summed E-state index contributed by atoms with van der Waals surface area (Å²) in [5.74, 6) is 1.19. The Morgan fingerprint density at radius 1 is 1.21 bits per heavy atom. The van der Waals surface area contributed by atoms with Crippen molar-refractivity contribution >= 4 is 33.8 Å². The molecule has 1 amide bonds. The number of hydrogen-bond donors (Lipinski definition) is 1. The molecule has 2 aromatic heterocycles. The Morgan fingerprint density at radius 3 is 2.69 bits per heavy atom. The Morgan fingerprint density at radius 2 is 2.00 bits per heavy atom. The first-order valence-electron chi connectivity index (χ1n) is 9.01. The minimum atomic E-state index is -0.195. The Bertz CT molecular complexity index is 1170. The van der Waals surface area contributed by atoms with Crippen molar-refractivity contribution in [2.75, 3.05) is 7.11 Å². The number of rotatable bonds is 6. The fourth-order valence-corrected chi connectivity index (χ4v) is 3.97. The SMILES string of the molecule is CCc1nnc2sc(-c3ccc(CNC(=O)c4ccc(OC)c(Cl)c4)cc3)nn12. The van der Waals surface area contributed by atoms with Crippen molar-refractivity contribution in [1.29, 1.82) is 0 Å². The third kappa shape index (κ3) is 3.94. The zero-order valence-corrected chi connectivity index (χ0v) is 17.4. The van der Waals surface area contributed by atoms with Crippen LogP contribution in [0.15, 0.2) is 42.5 Å². The Kier molecular flexibility index (Phi) is 5.46. The van der Waals surface area contributed by atoms with Crippen LogP contribution in [0.2, 0.25) is 5.02 Å². The standard InChI is InChI=1S/C20H18ClN5O2S/c1-3-17-23-24-20-26(17)25-19(29-20)13-6-4-12(5-7-13)11-22-18(27)14-8-9-16(28-2)15(21)10-14/h4-10H,3,11H2,1-2H3,(H,22,27). The lowest BCUT2D eigenvalue weighted by atomic mass is 10.1. The van der Waals surface area contributed by atoms with E-state index in [4.69, 9.17) is 16.3 Å². The molecule has 0 radical (unpaired) electrons. The maximum atomic E-state index is 12.4. The third-order valence-electron chi connectivity index (χ3n) is 4.44. The van der Waals surface area contributed by atoms with Crippen LogP contribution in [0.4, 0.5) is 0 Å². The van der Waals surface area contributed by atoms with Crippen molar-refractivity contribution in [2.24, 2.45) is 0 Å². The van der Waals surface area contributed by atoms with Crippen molar-refractivity contribution in [2.45, 2.75) is 19.9 Å². The van der Waals surface area contributed by atoms with Crippen molar-refractivity contribution < 1.29 is 9.53 Å². The summed E-state index contributed by atoms with van der Waals surface area (Å²) in [7, 11) is 1.54. The van der Waals surface area contributed by atoms with Gasteiger partial charge >= 0.3 is 0 Å². The van der Waals surface area contributed by atoms with Gasteiger partial charge in [0.05, 0.1) is 12.1 Å². The van der Waals surface area contributed by atoms with E-state index in [-0.39, 0.29) is 5.91 Å². The number of aromatic nitrogens is 4. The molecule has 1 N–H and O–H groups in total. The van der Waals surface area contributed by atoms with Gasteiger partial charge in [0.1, 0.15) is 10.8 Å². The summed E-state index contributed by atoms with van der Waals surface area (Å²) in [6, 6.07) is 12.9. The molecule has 2 heterocycles.